The summed E-state index contributed by atoms with van der Waals surface area (Å²) >= 11 is 5.56. The highest BCUT2D eigenvalue weighted by Crippen LogP contribution is 2.11. The van der Waals surface area contributed by atoms with Crippen LogP contribution < -0.4 is 0 Å². The third kappa shape index (κ3) is 17.6. The number of carbonyl (C=O) groups excluding carboxylic acids is 4. The molecular weight excluding hydrogens is 392 g/mol. The Balaban J connectivity index is 3.82. The molecule has 0 N–H and O–H groups in total. The van der Waals surface area contributed by atoms with E-state index in [1.807, 2.05) is 0 Å². The van der Waals surface area contributed by atoms with Gasteiger partial charge in [0.05, 0.1) is 0 Å². The van der Waals surface area contributed by atoms with E-state index in [9.17, 15) is 19.2 Å². The summed E-state index contributed by atoms with van der Waals surface area (Å²) in [6.45, 7) is 3.77. The van der Waals surface area contributed by atoms with Gasteiger partial charge in [0.25, 0.3) is 0 Å². The molecular formula is C19H31ClO8. The SMILES string of the molecule is CC(=O)OCC(COC(C)=O)OC(=O)CCCCCCCCC(=O)OC(C)Cl. The number of carbonyl (C=O) groups is 4. The van der Waals surface area contributed by atoms with Crippen molar-refractivity contribution in [3.63, 3.8) is 0 Å². The molecule has 9 heteroatoms. The van der Waals surface area contributed by atoms with Gasteiger partial charge in [0.15, 0.2) is 11.7 Å². The molecule has 0 amide bonds. The van der Waals surface area contributed by atoms with Crippen LogP contribution in [0.1, 0.15) is 72.1 Å². The quantitative estimate of drug-likeness (QED) is 0.171. The molecule has 28 heavy (non-hydrogen) atoms. The van der Waals surface area contributed by atoms with Crippen LogP contribution in [-0.4, -0.2) is 48.8 Å². The highest BCUT2D eigenvalue weighted by atomic mass is 35.5. The number of ether oxygens (including phenoxy) is 4. The van der Waals surface area contributed by atoms with Crippen molar-refractivity contribution in [3.05, 3.63) is 0 Å². The van der Waals surface area contributed by atoms with Crippen molar-refractivity contribution in [2.75, 3.05) is 13.2 Å². The van der Waals surface area contributed by atoms with Gasteiger partial charge in [0.1, 0.15) is 13.2 Å². The molecule has 162 valence electrons. The smallest absolute Gasteiger partial charge is 0.307 e. The van der Waals surface area contributed by atoms with Gasteiger partial charge in [-0.3, -0.25) is 19.2 Å². The van der Waals surface area contributed by atoms with E-state index in [4.69, 9.17) is 30.5 Å². The lowest BCUT2D eigenvalue weighted by Gasteiger charge is -2.17. The van der Waals surface area contributed by atoms with Crippen LogP contribution in [0, 0.1) is 0 Å². The minimum absolute atomic E-state index is 0.153. The lowest BCUT2D eigenvalue weighted by Crippen LogP contribution is -2.30. The summed E-state index contributed by atoms with van der Waals surface area (Å²) in [6.07, 6.45) is 4.86. The second-order valence-electron chi connectivity index (χ2n) is 6.37. The normalized spacial score (nSPS) is 11.6. The first-order chi connectivity index (χ1) is 13.2. The van der Waals surface area contributed by atoms with Crippen molar-refractivity contribution >= 4 is 35.5 Å². The highest BCUT2D eigenvalue weighted by Gasteiger charge is 2.17. The number of hydrogen-bond acceptors (Lipinski definition) is 8. The second kappa shape index (κ2) is 16.2. The van der Waals surface area contributed by atoms with E-state index in [0.717, 1.165) is 32.1 Å². The first-order valence-corrected chi connectivity index (χ1v) is 9.94. The predicted molar refractivity (Wildman–Crippen MR) is 101 cm³/mol. The van der Waals surface area contributed by atoms with Crippen molar-refractivity contribution in [2.24, 2.45) is 0 Å². The van der Waals surface area contributed by atoms with E-state index < -0.39 is 29.6 Å². The minimum Gasteiger partial charge on any atom is -0.462 e. The molecule has 0 spiro atoms. The zero-order valence-corrected chi connectivity index (χ0v) is 17.6. The highest BCUT2D eigenvalue weighted by molar-refractivity contribution is 6.19. The fraction of sp³-hybridized carbons (Fsp3) is 0.789. The number of hydrogen-bond donors (Lipinski definition) is 0. The van der Waals surface area contributed by atoms with E-state index in [-0.39, 0.29) is 25.6 Å². The molecule has 0 aromatic rings. The molecule has 0 aliphatic carbocycles. The second-order valence-corrected chi connectivity index (χ2v) is 6.99. The van der Waals surface area contributed by atoms with Crippen LogP contribution in [-0.2, 0) is 38.1 Å². The minimum atomic E-state index is -0.809. The van der Waals surface area contributed by atoms with Crippen molar-refractivity contribution in [3.8, 4) is 0 Å². The summed E-state index contributed by atoms with van der Waals surface area (Å²) in [5, 5.41) is 0. The maximum Gasteiger partial charge on any atom is 0.307 e. The van der Waals surface area contributed by atoms with E-state index in [1.54, 1.807) is 6.92 Å². The summed E-state index contributed by atoms with van der Waals surface area (Å²) in [5.41, 5.74) is -0.602. The lowest BCUT2D eigenvalue weighted by molar-refractivity contribution is -0.165. The monoisotopic (exact) mass is 422 g/mol. The van der Waals surface area contributed by atoms with E-state index >= 15 is 0 Å². The Hall–Kier alpha value is -1.83. The molecule has 0 heterocycles. The van der Waals surface area contributed by atoms with E-state index in [1.165, 1.54) is 13.8 Å². The van der Waals surface area contributed by atoms with Crippen molar-refractivity contribution in [1.82, 2.24) is 0 Å². The van der Waals surface area contributed by atoms with Crippen molar-refractivity contribution < 1.29 is 38.1 Å². The fourth-order valence-corrected chi connectivity index (χ4v) is 2.37. The van der Waals surface area contributed by atoms with Crippen LogP contribution in [0.3, 0.4) is 0 Å². The Morgan fingerprint density at radius 3 is 1.50 bits per heavy atom. The van der Waals surface area contributed by atoms with Gasteiger partial charge in [-0.25, -0.2) is 0 Å². The van der Waals surface area contributed by atoms with Crippen LogP contribution in [0.25, 0.3) is 0 Å². The number of unbranched alkanes of at least 4 members (excludes halogenated alkanes) is 5. The zero-order valence-electron chi connectivity index (χ0n) is 16.9. The molecule has 8 nitrogen and oxygen atoms in total. The number of halogens is 1. The van der Waals surface area contributed by atoms with Crippen LogP contribution in [0.15, 0.2) is 0 Å². The van der Waals surface area contributed by atoms with Gasteiger partial charge in [0, 0.05) is 26.7 Å². The third-order valence-corrected chi connectivity index (χ3v) is 3.64. The van der Waals surface area contributed by atoms with Crippen LogP contribution in [0.5, 0.6) is 0 Å². The van der Waals surface area contributed by atoms with Crippen LogP contribution in [0.2, 0.25) is 0 Å². The topological polar surface area (TPSA) is 105 Å². The van der Waals surface area contributed by atoms with Crippen LogP contribution in [0.4, 0.5) is 0 Å². The van der Waals surface area contributed by atoms with Gasteiger partial charge in [0.2, 0.25) is 0 Å². The van der Waals surface area contributed by atoms with Gasteiger partial charge >= 0.3 is 23.9 Å². The van der Waals surface area contributed by atoms with Gasteiger partial charge in [-0.2, -0.15) is 0 Å². The van der Waals surface area contributed by atoms with Crippen LogP contribution >= 0.6 is 11.6 Å². The average Bonchev–Trinajstić information content (AvgIpc) is 2.58. The van der Waals surface area contributed by atoms with Gasteiger partial charge in [-0.1, -0.05) is 37.3 Å². The predicted octanol–water partition coefficient (Wildman–Crippen LogP) is 3.27. The Bertz CT molecular complexity index is 474. The maximum absolute atomic E-state index is 11.9. The van der Waals surface area contributed by atoms with Crippen molar-refractivity contribution in [2.45, 2.75) is 83.8 Å². The molecule has 0 saturated carbocycles. The summed E-state index contributed by atoms with van der Waals surface area (Å²) in [4.78, 5) is 44.9. The summed E-state index contributed by atoms with van der Waals surface area (Å²) < 4.78 is 19.6. The van der Waals surface area contributed by atoms with Gasteiger partial charge in [-0.05, 0) is 19.8 Å². The molecule has 0 bridgehead atoms. The summed E-state index contributed by atoms with van der Waals surface area (Å²) in [7, 11) is 0. The zero-order chi connectivity index (χ0) is 21.4. The molecule has 0 aliphatic heterocycles. The molecule has 0 aliphatic rings. The maximum atomic E-state index is 11.9. The van der Waals surface area contributed by atoms with Gasteiger partial charge in [-0.15, -0.1) is 0 Å². The standard InChI is InChI=1S/C19H31ClO8/c1-14(20)27-18(23)10-8-6-4-5-7-9-11-19(24)28-17(12-25-15(2)21)13-26-16(3)22/h14,17H,4-13H2,1-3H3. The Kier molecular flexibility index (Phi) is 15.1. The molecule has 0 rings (SSSR count). The largest absolute Gasteiger partial charge is 0.462 e. The Morgan fingerprint density at radius 2 is 1.11 bits per heavy atom. The number of esters is 4. The van der Waals surface area contributed by atoms with Gasteiger partial charge < -0.3 is 18.9 Å². The van der Waals surface area contributed by atoms with E-state index in [2.05, 4.69) is 0 Å². The molecule has 0 aromatic heterocycles. The number of alkyl halides is 1. The Labute approximate surface area is 171 Å². The lowest BCUT2D eigenvalue weighted by atomic mass is 10.1. The molecule has 0 radical (unpaired) electrons. The van der Waals surface area contributed by atoms with Crippen molar-refractivity contribution in [1.29, 1.82) is 0 Å². The van der Waals surface area contributed by atoms with E-state index in [0.29, 0.717) is 12.8 Å². The summed E-state index contributed by atoms with van der Waals surface area (Å²) in [5.74, 6) is -1.73. The molecule has 0 aromatic carbocycles. The Morgan fingerprint density at radius 1 is 0.714 bits per heavy atom. The molecule has 1 unspecified atom stereocenters. The molecule has 0 saturated heterocycles. The number of rotatable bonds is 15. The average molecular weight is 423 g/mol. The first-order valence-electron chi connectivity index (χ1n) is 9.50. The molecule has 1 atom stereocenters. The first kappa shape index (κ1) is 26.2. The summed E-state index contributed by atoms with van der Waals surface area (Å²) in [6, 6.07) is 0. The third-order valence-electron chi connectivity index (χ3n) is 3.55. The fourth-order valence-electron chi connectivity index (χ4n) is 2.27. The molecule has 0 fully saturated rings.